The number of carbonyl (C=O) groups excluding carboxylic acids is 2. The summed E-state index contributed by atoms with van der Waals surface area (Å²) in [7, 11) is 0. The van der Waals surface area contributed by atoms with Gasteiger partial charge in [-0.1, -0.05) is 6.07 Å². The fourth-order valence-corrected chi connectivity index (χ4v) is 1.99. The molecule has 1 aliphatic heterocycles. The van der Waals surface area contributed by atoms with Crippen LogP contribution in [0.5, 0.6) is 0 Å². The van der Waals surface area contributed by atoms with Crippen LogP contribution >= 0.6 is 0 Å². The molecule has 1 atom stereocenters. The summed E-state index contributed by atoms with van der Waals surface area (Å²) in [5.74, 6) is 4.38. The second-order valence-corrected chi connectivity index (χ2v) is 4.25. The first-order chi connectivity index (χ1) is 9.52. The number of benzene rings is 1. The first-order valence-electron chi connectivity index (χ1n) is 5.87. The number of hydrogen-bond donors (Lipinski definition) is 4. The van der Waals surface area contributed by atoms with E-state index in [9.17, 15) is 19.7 Å². The van der Waals surface area contributed by atoms with E-state index in [0.717, 1.165) is 0 Å². The molecule has 1 unspecified atom stereocenters. The van der Waals surface area contributed by atoms with E-state index >= 15 is 0 Å². The first-order valence-corrected chi connectivity index (χ1v) is 5.87. The van der Waals surface area contributed by atoms with Gasteiger partial charge in [-0.25, -0.2) is 0 Å². The Morgan fingerprint density at radius 1 is 1.35 bits per heavy atom. The number of anilines is 2. The van der Waals surface area contributed by atoms with Gasteiger partial charge in [0.05, 0.1) is 4.92 Å². The smallest absolute Gasteiger partial charge is 0.316 e. The number of nitrogens with two attached hydrogens (primary N) is 1. The van der Waals surface area contributed by atoms with Crippen LogP contribution in [-0.4, -0.2) is 22.8 Å². The Morgan fingerprint density at radius 2 is 2.05 bits per heavy atom. The third kappa shape index (κ3) is 2.67. The highest BCUT2D eigenvalue weighted by atomic mass is 16.6. The molecule has 1 aromatic carbocycles. The molecule has 0 saturated carbocycles. The summed E-state index contributed by atoms with van der Waals surface area (Å²) in [5.41, 5.74) is 2.28. The lowest BCUT2D eigenvalue weighted by molar-refractivity contribution is -0.383. The molecule has 0 aliphatic carbocycles. The van der Waals surface area contributed by atoms with Gasteiger partial charge in [0.2, 0.25) is 11.8 Å². The van der Waals surface area contributed by atoms with Gasteiger partial charge in [0.1, 0.15) is 17.4 Å². The number of nitrogen functional groups attached to an aromatic ring is 1. The molecule has 0 radical (unpaired) electrons. The van der Waals surface area contributed by atoms with Crippen LogP contribution in [0.25, 0.3) is 0 Å². The number of hydrazine groups is 1. The average molecular weight is 279 g/mol. The Morgan fingerprint density at radius 3 is 2.65 bits per heavy atom. The highest BCUT2D eigenvalue weighted by Gasteiger charge is 2.29. The number of rotatable bonds is 4. The maximum Gasteiger partial charge on any atom is 0.316 e. The van der Waals surface area contributed by atoms with E-state index in [1.54, 1.807) is 6.07 Å². The van der Waals surface area contributed by atoms with Crippen molar-refractivity contribution in [3.63, 3.8) is 0 Å². The molecular formula is C11H13N5O4. The van der Waals surface area contributed by atoms with Gasteiger partial charge in [0.15, 0.2) is 0 Å². The number of nitrogens with zero attached hydrogens (tertiary/aromatic N) is 1. The second-order valence-electron chi connectivity index (χ2n) is 4.25. The van der Waals surface area contributed by atoms with Crippen molar-refractivity contribution in [3.8, 4) is 0 Å². The summed E-state index contributed by atoms with van der Waals surface area (Å²) in [5, 5.41) is 16.0. The number of para-hydroxylation sites is 1. The second kappa shape index (κ2) is 5.53. The van der Waals surface area contributed by atoms with Gasteiger partial charge in [0, 0.05) is 6.42 Å². The Hall–Kier alpha value is -2.68. The summed E-state index contributed by atoms with van der Waals surface area (Å²) in [6.45, 7) is 0. The molecule has 1 aliphatic rings. The van der Waals surface area contributed by atoms with E-state index in [2.05, 4.69) is 16.1 Å². The molecule has 0 spiro atoms. The Bertz CT molecular complexity index is 574. The molecular weight excluding hydrogens is 266 g/mol. The van der Waals surface area contributed by atoms with Crippen LogP contribution in [0.4, 0.5) is 17.1 Å². The molecule has 0 aromatic heterocycles. The summed E-state index contributed by atoms with van der Waals surface area (Å²) in [6, 6.07) is 3.80. The summed E-state index contributed by atoms with van der Waals surface area (Å²) in [6.07, 6.45) is 0.466. The van der Waals surface area contributed by atoms with Crippen molar-refractivity contribution in [2.75, 3.05) is 10.7 Å². The number of piperidine rings is 1. The van der Waals surface area contributed by atoms with E-state index < -0.39 is 16.9 Å². The zero-order valence-corrected chi connectivity index (χ0v) is 10.4. The Kier molecular flexibility index (Phi) is 3.80. The third-order valence-electron chi connectivity index (χ3n) is 2.94. The number of carbonyl (C=O) groups is 2. The van der Waals surface area contributed by atoms with Gasteiger partial charge in [-0.3, -0.25) is 30.9 Å². The summed E-state index contributed by atoms with van der Waals surface area (Å²) >= 11 is 0. The van der Waals surface area contributed by atoms with E-state index in [0.29, 0.717) is 0 Å². The highest BCUT2D eigenvalue weighted by molar-refractivity contribution is 6.01. The van der Waals surface area contributed by atoms with Crippen molar-refractivity contribution in [1.82, 2.24) is 5.32 Å². The number of nitrogens with one attached hydrogen (secondary N) is 3. The zero-order chi connectivity index (χ0) is 14.7. The minimum atomic E-state index is -0.695. The molecule has 1 heterocycles. The van der Waals surface area contributed by atoms with Gasteiger partial charge < -0.3 is 10.7 Å². The van der Waals surface area contributed by atoms with Crippen LogP contribution in [0, 0.1) is 10.1 Å². The monoisotopic (exact) mass is 279 g/mol. The maximum absolute atomic E-state index is 11.6. The number of nitro benzene ring substituents is 1. The number of nitro groups is 1. The predicted molar refractivity (Wildman–Crippen MR) is 70.7 cm³/mol. The lowest BCUT2D eigenvalue weighted by Crippen LogP contribution is -2.47. The van der Waals surface area contributed by atoms with Crippen molar-refractivity contribution < 1.29 is 14.5 Å². The Balaban J connectivity index is 2.27. The average Bonchev–Trinajstić information content (AvgIpc) is 2.41. The number of imide groups is 1. The van der Waals surface area contributed by atoms with Crippen LogP contribution in [0.3, 0.4) is 0 Å². The van der Waals surface area contributed by atoms with Crippen LogP contribution in [0.15, 0.2) is 18.2 Å². The SMILES string of the molecule is NNc1cccc(NC2CCC(=O)NC2=O)c1[N+](=O)[O-]. The molecule has 9 heteroatoms. The molecule has 9 nitrogen and oxygen atoms in total. The third-order valence-corrected chi connectivity index (χ3v) is 2.94. The molecule has 1 aromatic rings. The highest BCUT2D eigenvalue weighted by Crippen LogP contribution is 2.33. The predicted octanol–water partition coefficient (Wildman–Crippen LogP) is 0.0975. The normalized spacial score (nSPS) is 18.4. The fourth-order valence-electron chi connectivity index (χ4n) is 1.99. The molecule has 2 amide bonds. The Labute approximate surface area is 113 Å². The summed E-state index contributed by atoms with van der Waals surface area (Å²) in [4.78, 5) is 33.2. The lowest BCUT2D eigenvalue weighted by Gasteiger charge is -2.22. The maximum atomic E-state index is 11.6. The summed E-state index contributed by atoms with van der Waals surface area (Å²) < 4.78 is 0. The molecule has 2 rings (SSSR count). The van der Waals surface area contributed by atoms with Crippen molar-refractivity contribution in [3.05, 3.63) is 28.3 Å². The minimum absolute atomic E-state index is 0.132. The van der Waals surface area contributed by atoms with E-state index in [-0.39, 0.29) is 35.8 Å². The van der Waals surface area contributed by atoms with Crippen molar-refractivity contribution >= 4 is 28.9 Å². The number of hydrogen-bond acceptors (Lipinski definition) is 7. The lowest BCUT2D eigenvalue weighted by atomic mass is 10.1. The standard InChI is InChI=1S/C11H13N5O4/c12-15-7-3-1-2-6(10(7)16(19)20)13-8-4-5-9(17)14-11(8)18/h1-3,8,13,15H,4-5,12H2,(H,14,17,18). The van der Waals surface area contributed by atoms with Gasteiger partial charge in [-0.05, 0) is 18.6 Å². The van der Waals surface area contributed by atoms with Gasteiger partial charge in [-0.2, -0.15) is 0 Å². The first kappa shape index (κ1) is 13.7. The van der Waals surface area contributed by atoms with E-state index in [1.807, 2.05) is 0 Å². The van der Waals surface area contributed by atoms with Crippen molar-refractivity contribution in [2.24, 2.45) is 5.84 Å². The van der Waals surface area contributed by atoms with Crippen LogP contribution < -0.4 is 21.9 Å². The van der Waals surface area contributed by atoms with Crippen LogP contribution in [0.1, 0.15) is 12.8 Å². The topological polar surface area (TPSA) is 139 Å². The van der Waals surface area contributed by atoms with Crippen molar-refractivity contribution in [1.29, 1.82) is 0 Å². The molecule has 1 fully saturated rings. The fraction of sp³-hybridized carbons (Fsp3) is 0.273. The molecule has 5 N–H and O–H groups in total. The molecule has 0 bridgehead atoms. The molecule has 106 valence electrons. The zero-order valence-electron chi connectivity index (χ0n) is 10.4. The minimum Gasteiger partial charge on any atom is -0.368 e. The molecule has 1 saturated heterocycles. The quantitative estimate of drug-likeness (QED) is 0.265. The molecule has 20 heavy (non-hydrogen) atoms. The van der Waals surface area contributed by atoms with Crippen LogP contribution in [-0.2, 0) is 9.59 Å². The largest absolute Gasteiger partial charge is 0.368 e. The van der Waals surface area contributed by atoms with E-state index in [1.165, 1.54) is 12.1 Å². The van der Waals surface area contributed by atoms with Crippen LogP contribution in [0.2, 0.25) is 0 Å². The van der Waals surface area contributed by atoms with E-state index in [4.69, 9.17) is 5.84 Å². The van der Waals surface area contributed by atoms with Gasteiger partial charge in [0.25, 0.3) is 0 Å². The number of amides is 2. The van der Waals surface area contributed by atoms with Gasteiger partial charge >= 0.3 is 5.69 Å². The van der Waals surface area contributed by atoms with Gasteiger partial charge in [-0.15, -0.1) is 0 Å². The van der Waals surface area contributed by atoms with Crippen molar-refractivity contribution in [2.45, 2.75) is 18.9 Å².